The summed E-state index contributed by atoms with van der Waals surface area (Å²) in [7, 11) is 0. The Labute approximate surface area is 117 Å². The third-order valence-corrected chi connectivity index (χ3v) is 3.12. The van der Waals surface area contributed by atoms with Gasteiger partial charge in [0.1, 0.15) is 12.4 Å². The van der Waals surface area contributed by atoms with Crippen LogP contribution in [0.1, 0.15) is 5.56 Å². The lowest BCUT2D eigenvalue weighted by Crippen LogP contribution is -2.36. The van der Waals surface area contributed by atoms with Crippen molar-refractivity contribution in [3.8, 4) is 5.75 Å². The number of carbonyl (C=O) groups excluding carboxylic acids is 1. The first-order valence-corrected chi connectivity index (χ1v) is 6.46. The Balaban J connectivity index is 1.80. The van der Waals surface area contributed by atoms with Crippen LogP contribution in [0.25, 0.3) is 6.08 Å². The van der Waals surface area contributed by atoms with E-state index in [1.807, 2.05) is 36.4 Å². The van der Waals surface area contributed by atoms with E-state index >= 15 is 0 Å². The Kier molecular flexibility index (Phi) is 3.46. The molecular formula is C16H14N2O2. The number of benzene rings is 1. The van der Waals surface area contributed by atoms with Crippen LogP contribution in [0, 0.1) is 0 Å². The lowest BCUT2D eigenvalue weighted by Gasteiger charge is -2.28. The summed E-state index contributed by atoms with van der Waals surface area (Å²) in [5, 5.41) is 0. The number of fused-ring (bicyclic) bond motifs is 1. The van der Waals surface area contributed by atoms with E-state index in [-0.39, 0.29) is 5.91 Å². The number of para-hydroxylation sites is 2. The minimum absolute atomic E-state index is 0.0439. The Morgan fingerprint density at radius 2 is 2.00 bits per heavy atom. The van der Waals surface area contributed by atoms with Crippen molar-refractivity contribution >= 4 is 17.7 Å². The van der Waals surface area contributed by atoms with Crippen molar-refractivity contribution in [3.05, 3.63) is 60.4 Å². The second kappa shape index (κ2) is 5.57. The van der Waals surface area contributed by atoms with E-state index in [0.717, 1.165) is 17.0 Å². The number of ether oxygens (including phenoxy) is 1. The standard InChI is InChI=1S/C16H14N2O2/c19-16(6-5-13-7-9-17-10-8-13)18-11-12-20-15-4-2-1-3-14(15)18/h1-10H,11-12H2. The monoisotopic (exact) mass is 266 g/mol. The molecule has 0 N–H and O–H groups in total. The van der Waals surface area contributed by atoms with Crippen molar-refractivity contribution in [1.29, 1.82) is 0 Å². The number of anilines is 1. The maximum absolute atomic E-state index is 12.3. The van der Waals surface area contributed by atoms with E-state index in [0.29, 0.717) is 13.2 Å². The topological polar surface area (TPSA) is 42.4 Å². The molecule has 0 atom stereocenters. The Morgan fingerprint density at radius 3 is 2.85 bits per heavy atom. The first kappa shape index (κ1) is 12.4. The second-order valence-electron chi connectivity index (χ2n) is 4.42. The van der Waals surface area contributed by atoms with Crippen LogP contribution >= 0.6 is 0 Å². The van der Waals surface area contributed by atoms with Gasteiger partial charge in [0, 0.05) is 18.5 Å². The number of aromatic nitrogens is 1. The van der Waals surface area contributed by atoms with Crippen LogP contribution in [0.15, 0.2) is 54.9 Å². The average molecular weight is 266 g/mol. The van der Waals surface area contributed by atoms with Gasteiger partial charge >= 0.3 is 0 Å². The number of hydrogen-bond acceptors (Lipinski definition) is 3. The van der Waals surface area contributed by atoms with Crippen molar-refractivity contribution in [1.82, 2.24) is 4.98 Å². The molecule has 0 unspecified atom stereocenters. The molecule has 0 fully saturated rings. The molecule has 4 heteroatoms. The first-order chi connectivity index (χ1) is 9.84. The average Bonchev–Trinajstić information content (AvgIpc) is 2.53. The zero-order chi connectivity index (χ0) is 13.8. The normalized spacial score (nSPS) is 13.9. The number of pyridine rings is 1. The summed E-state index contributed by atoms with van der Waals surface area (Å²) in [6.07, 6.45) is 6.78. The lowest BCUT2D eigenvalue weighted by atomic mass is 10.2. The van der Waals surface area contributed by atoms with Crippen LogP contribution < -0.4 is 9.64 Å². The van der Waals surface area contributed by atoms with Gasteiger partial charge in [0.2, 0.25) is 0 Å². The summed E-state index contributed by atoms with van der Waals surface area (Å²) in [6.45, 7) is 1.09. The highest BCUT2D eigenvalue weighted by Gasteiger charge is 2.21. The first-order valence-electron chi connectivity index (χ1n) is 6.46. The quantitative estimate of drug-likeness (QED) is 0.784. The van der Waals surface area contributed by atoms with Crippen molar-refractivity contribution in [2.45, 2.75) is 0 Å². The second-order valence-corrected chi connectivity index (χ2v) is 4.42. The molecule has 100 valence electrons. The third kappa shape index (κ3) is 2.54. The van der Waals surface area contributed by atoms with Gasteiger partial charge in [-0.05, 0) is 35.9 Å². The van der Waals surface area contributed by atoms with Gasteiger partial charge in [-0.25, -0.2) is 0 Å². The molecule has 0 aliphatic carbocycles. The van der Waals surface area contributed by atoms with Gasteiger partial charge in [0.15, 0.2) is 0 Å². The van der Waals surface area contributed by atoms with Gasteiger partial charge < -0.3 is 9.64 Å². The van der Waals surface area contributed by atoms with Crippen LogP contribution in [0.3, 0.4) is 0 Å². The number of amides is 1. The number of rotatable bonds is 2. The van der Waals surface area contributed by atoms with Gasteiger partial charge in [-0.15, -0.1) is 0 Å². The largest absolute Gasteiger partial charge is 0.490 e. The fraction of sp³-hybridized carbons (Fsp3) is 0.125. The summed E-state index contributed by atoms with van der Waals surface area (Å²) in [5.74, 6) is 0.710. The third-order valence-electron chi connectivity index (χ3n) is 3.12. The smallest absolute Gasteiger partial charge is 0.251 e. The highest BCUT2D eigenvalue weighted by Crippen LogP contribution is 2.31. The maximum atomic E-state index is 12.3. The zero-order valence-electron chi connectivity index (χ0n) is 10.9. The van der Waals surface area contributed by atoms with E-state index in [9.17, 15) is 4.79 Å². The van der Waals surface area contributed by atoms with Gasteiger partial charge in [-0.3, -0.25) is 9.78 Å². The fourth-order valence-corrected chi connectivity index (χ4v) is 2.13. The molecule has 0 radical (unpaired) electrons. The molecule has 0 saturated heterocycles. The number of nitrogens with zero attached hydrogens (tertiary/aromatic N) is 2. The van der Waals surface area contributed by atoms with Crippen LogP contribution in [0.4, 0.5) is 5.69 Å². The van der Waals surface area contributed by atoms with Crippen molar-refractivity contribution in [2.24, 2.45) is 0 Å². The van der Waals surface area contributed by atoms with Crippen molar-refractivity contribution < 1.29 is 9.53 Å². The minimum atomic E-state index is -0.0439. The molecule has 2 heterocycles. The molecule has 0 saturated carbocycles. The molecular weight excluding hydrogens is 252 g/mol. The van der Waals surface area contributed by atoms with Crippen LogP contribution in [0.2, 0.25) is 0 Å². The molecule has 1 aliphatic rings. The molecule has 1 aromatic heterocycles. The summed E-state index contributed by atoms with van der Waals surface area (Å²) in [5.41, 5.74) is 1.78. The molecule has 4 nitrogen and oxygen atoms in total. The molecule has 0 spiro atoms. The Bertz CT molecular complexity index is 638. The van der Waals surface area contributed by atoms with Gasteiger partial charge in [0.05, 0.1) is 12.2 Å². The molecule has 1 amide bonds. The molecule has 3 rings (SSSR count). The molecule has 0 bridgehead atoms. The summed E-state index contributed by atoms with van der Waals surface area (Å²) in [6, 6.07) is 11.3. The zero-order valence-corrected chi connectivity index (χ0v) is 10.9. The molecule has 2 aromatic rings. The highest BCUT2D eigenvalue weighted by atomic mass is 16.5. The molecule has 20 heavy (non-hydrogen) atoms. The molecule has 1 aliphatic heterocycles. The van der Waals surface area contributed by atoms with Crippen LogP contribution in [-0.2, 0) is 4.79 Å². The van der Waals surface area contributed by atoms with E-state index in [4.69, 9.17) is 4.74 Å². The highest BCUT2D eigenvalue weighted by molar-refractivity contribution is 6.04. The van der Waals surface area contributed by atoms with Crippen LogP contribution in [-0.4, -0.2) is 24.0 Å². The predicted octanol–water partition coefficient (Wildman–Crippen LogP) is 2.52. The van der Waals surface area contributed by atoms with E-state index in [1.54, 1.807) is 29.4 Å². The van der Waals surface area contributed by atoms with Crippen molar-refractivity contribution in [3.63, 3.8) is 0 Å². The van der Waals surface area contributed by atoms with Crippen LogP contribution in [0.5, 0.6) is 5.75 Å². The van der Waals surface area contributed by atoms with Gasteiger partial charge in [-0.2, -0.15) is 0 Å². The Morgan fingerprint density at radius 1 is 1.20 bits per heavy atom. The predicted molar refractivity (Wildman–Crippen MR) is 77.6 cm³/mol. The molecule has 1 aromatic carbocycles. The summed E-state index contributed by atoms with van der Waals surface area (Å²) in [4.78, 5) is 18.0. The number of hydrogen-bond donors (Lipinski definition) is 0. The van der Waals surface area contributed by atoms with E-state index in [1.165, 1.54) is 0 Å². The van der Waals surface area contributed by atoms with Crippen molar-refractivity contribution in [2.75, 3.05) is 18.1 Å². The minimum Gasteiger partial charge on any atom is -0.490 e. The van der Waals surface area contributed by atoms with E-state index in [2.05, 4.69) is 4.98 Å². The summed E-state index contributed by atoms with van der Waals surface area (Å²) >= 11 is 0. The van der Waals surface area contributed by atoms with Gasteiger partial charge in [-0.1, -0.05) is 12.1 Å². The lowest BCUT2D eigenvalue weighted by molar-refractivity contribution is -0.114. The van der Waals surface area contributed by atoms with E-state index < -0.39 is 0 Å². The summed E-state index contributed by atoms with van der Waals surface area (Å²) < 4.78 is 5.54. The Hall–Kier alpha value is -2.62. The SMILES string of the molecule is O=C(C=Cc1ccncc1)N1CCOc2ccccc21. The number of carbonyl (C=O) groups is 1. The van der Waals surface area contributed by atoms with Gasteiger partial charge in [0.25, 0.3) is 5.91 Å². The fourth-order valence-electron chi connectivity index (χ4n) is 2.13. The maximum Gasteiger partial charge on any atom is 0.251 e.